The molecular weight excluding hydrogens is 329 g/mol. The number of hydrogen-bond acceptors (Lipinski definition) is 4. The molecule has 0 fully saturated rings. The van der Waals surface area contributed by atoms with E-state index >= 15 is 0 Å². The van der Waals surface area contributed by atoms with Crippen molar-refractivity contribution in [1.29, 1.82) is 0 Å². The summed E-state index contributed by atoms with van der Waals surface area (Å²) >= 11 is 2.30. The first-order valence-corrected chi connectivity index (χ1v) is 6.58. The van der Waals surface area contributed by atoms with Gasteiger partial charge in [0.15, 0.2) is 0 Å². The Labute approximate surface area is 114 Å². The van der Waals surface area contributed by atoms with E-state index in [-0.39, 0.29) is 0 Å². The third-order valence-electron chi connectivity index (χ3n) is 2.48. The summed E-state index contributed by atoms with van der Waals surface area (Å²) in [7, 11) is 0. The molecular formula is C12H14IN3O. The molecule has 0 radical (unpaired) electrons. The summed E-state index contributed by atoms with van der Waals surface area (Å²) in [5.74, 6) is 1.24. The second kappa shape index (κ2) is 5.59. The molecule has 0 aliphatic rings. The quantitative estimate of drug-likeness (QED) is 0.867. The zero-order valence-electron chi connectivity index (χ0n) is 9.61. The molecule has 0 saturated heterocycles. The van der Waals surface area contributed by atoms with Gasteiger partial charge in [0.2, 0.25) is 11.8 Å². The van der Waals surface area contributed by atoms with Gasteiger partial charge in [-0.2, -0.15) is 0 Å². The van der Waals surface area contributed by atoms with Crippen LogP contribution in [0.25, 0.3) is 11.5 Å². The van der Waals surface area contributed by atoms with Crippen molar-refractivity contribution in [2.24, 2.45) is 5.73 Å². The van der Waals surface area contributed by atoms with Crippen molar-refractivity contribution in [3.8, 4) is 11.5 Å². The number of benzene rings is 1. The number of aromatic nitrogens is 2. The van der Waals surface area contributed by atoms with E-state index in [1.807, 2.05) is 12.1 Å². The molecule has 0 saturated carbocycles. The maximum atomic E-state index is 5.63. The molecule has 0 atom stereocenters. The van der Waals surface area contributed by atoms with Gasteiger partial charge < -0.3 is 10.2 Å². The van der Waals surface area contributed by atoms with Gasteiger partial charge in [0.1, 0.15) is 0 Å². The molecule has 90 valence electrons. The van der Waals surface area contributed by atoms with Crippen LogP contribution in [0.3, 0.4) is 0 Å². The van der Waals surface area contributed by atoms with Crippen LogP contribution in [0.15, 0.2) is 22.6 Å². The van der Waals surface area contributed by atoms with Gasteiger partial charge in [0.25, 0.3) is 0 Å². The van der Waals surface area contributed by atoms with Crippen LogP contribution >= 0.6 is 22.6 Å². The van der Waals surface area contributed by atoms with Gasteiger partial charge in [-0.15, -0.1) is 10.2 Å². The molecule has 0 aliphatic heterocycles. The number of nitrogens with two attached hydrogens (primary N) is 1. The Morgan fingerprint density at radius 2 is 2.18 bits per heavy atom. The molecule has 5 heteroatoms. The monoisotopic (exact) mass is 343 g/mol. The van der Waals surface area contributed by atoms with E-state index in [9.17, 15) is 0 Å². The second-order valence-corrected chi connectivity index (χ2v) is 4.91. The molecule has 4 nitrogen and oxygen atoms in total. The van der Waals surface area contributed by atoms with E-state index < -0.39 is 0 Å². The van der Waals surface area contributed by atoms with E-state index in [0.29, 0.717) is 18.3 Å². The fourth-order valence-electron chi connectivity index (χ4n) is 1.53. The summed E-state index contributed by atoms with van der Waals surface area (Å²) in [6, 6.07) is 6.06. The first kappa shape index (κ1) is 12.5. The molecule has 2 rings (SSSR count). The molecule has 2 N–H and O–H groups in total. The first-order valence-electron chi connectivity index (χ1n) is 5.50. The Balaban J connectivity index is 2.27. The topological polar surface area (TPSA) is 64.9 Å². The highest BCUT2D eigenvalue weighted by atomic mass is 127. The number of halogens is 1. The standard InChI is InChI=1S/C12H14IN3O/c1-8-4-2-5-9(11(8)13)12-16-15-10(17-12)6-3-7-14/h2,4-5H,3,6-7,14H2,1H3. The fourth-order valence-corrected chi connectivity index (χ4v) is 2.12. The average Bonchev–Trinajstić information content (AvgIpc) is 2.78. The van der Waals surface area contributed by atoms with Gasteiger partial charge in [-0.25, -0.2) is 0 Å². The third-order valence-corrected chi connectivity index (χ3v) is 3.92. The lowest BCUT2D eigenvalue weighted by Crippen LogP contribution is -2.00. The van der Waals surface area contributed by atoms with Crippen LogP contribution in [-0.2, 0) is 6.42 Å². The van der Waals surface area contributed by atoms with Crippen molar-refractivity contribution < 1.29 is 4.42 Å². The Hall–Kier alpha value is -0.950. The summed E-state index contributed by atoms with van der Waals surface area (Å²) < 4.78 is 6.78. The molecule has 1 heterocycles. The van der Waals surface area contributed by atoms with Crippen molar-refractivity contribution in [3.63, 3.8) is 0 Å². The van der Waals surface area contributed by atoms with E-state index in [1.54, 1.807) is 0 Å². The molecule has 1 aromatic heterocycles. The lowest BCUT2D eigenvalue weighted by molar-refractivity contribution is 0.498. The van der Waals surface area contributed by atoms with Gasteiger partial charge in [0, 0.05) is 9.99 Å². The molecule has 0 spiro atoms. The van der Waals surface area contributed by atoms with Crippen molar-refractivity contribution in [2.75, 3.05) is 6.54 Å². The number of hydrogen-bond donors (Lipinski definition) is 1. The van der Waals surface area contributed by atoms with E-state index in [4.69, 9.17) is 10.2 Å². The van der Waals surface area contributed by atoms with Gasteiger partial charge in [-0.1, -0.05) is 12.1 Å². The fraction of sp³-hybridized carbons (Fsp3) is 0.333. The third kappa shape index (κ3) is 2.84. The van der Waals surface area contributed by atoms with Crippen LogP contribution in [0.4, 0.5) is 0 Å². The largest absolute Gasteiger partial charge is 0.421 e. The average molecular weight is 343 g/mol. The van der Waals surface area contributed by atoms with E-state index in [1.165, 1.54) is 5.56 Å². The van der Waals surface area contributed by atoms with Crippen LogP contribution in [0.2, 0.25) is 0 Å². The lowest BCUT2D eigenvalue weighted by atomic mass is 10.1. The first-order chi connectivity index (χ1) is 8.22. The summed E-state index contributed by atoms with van der Waals surface area (Å²) in [6.07, 6.45) is 1.61. The number of nitrogens with zero attached hydrogens (tertiary/aromatic N) is 2. The Morgan fingerprint density at radius 3 is 2.94 bits per heavy atom. The maximum absolute atomic E-state index is 5.63. The molecule has 2 aromatic rings. The summed E-state index contributed by atoms with van der Waals surface area (Å²) in [6.45, 7) is 2.71. The Kier molecular flexibility index (Phi) is 4.11. The van der Waals surface area contributed by atoms with Crippen LogP contribution in [0.1, 0.15) is 17.9 Å². The van der Waals surface area contributed by atoms with Crippen molar-refractivity contribution >= 4 is 22.6 Å². The summed E-state index contributed by atoms with van der Waals surface area (Å²) in [5.41, 5.74) is 7.66. The second-order valence-electron chi connectivity index (χ2n) is 3.83. The van der Waals surface area contributed by atoms with Crippen molar-refractivity contribution in [2.45, 2.75) is 19.8 Å². The van der Waals surface area contributed by atoms with Gasteiger partial charge >= 0.3 is 0 Å². The van der Waals surface area contributed by atoms with Gasteiger partial charge in [-0.05, 0) is 54.1 Å². The minimum Gasteiger partial charge on any atom is -0.421 e. The highest BCUT2D eigenvalue weighted by Gasteiger charge is 2.12. The molecule has 0 aliphatic carbocycles. The SMILES string of the molecule is Cc1cccc(-c2nnc(CCCN)o2)c1I. The minimum absolute atomic E-state index is 0.588. The molecule has 0 amide bonds. The van der Waals surface area contributed by atoms with Crippen LogP contribution in [0.5, 0.6) is 0 Å². The highest BCUT2D eigenvalue weighted by molar-refractivity contribution is 14.1. The summed E-state index contributed by atoms with van der Waals surface area (Å²) in [4.78, 5) is 0. The zero-order chi connectivity index (χ0) is 12.3. The zero-order valence-corrected chi connectivity index (χ0v) is 11.8. The lowest BCUT2D eigenvalue weighted by Gasteiger charge is -2.01. The Bertz CT molecular complexity index is 510. The van der Waals surface area contributed by atoms with Crippen LogP contribution in [-0.4, -0.2) is 16.7 Å². The molecule has 0 bridgehead atoms. The smallest absolute Gasteiger partial charge is 0.248 e. The molecule has 1 aromatic carbocycles. The molecule has 17 heavy (non-hydrogen) atoms. The Morgan fingerprint density at radius 1 is 1.35 bits per heavy atom. The summed E-state index contributed by atoms with van der Waals surface area (Å²) in [5, 5.41) is 8.10. The van der Waals surface area contributed by atoms with Crippen molar-refractivity contribution in [3.05, 3.63) is 33.2 Å². The van der Waals surface area contributed by atoms with Crippen molar-refractivity contribution in [1.82, 2.24) is 10.2 Å². The predicted molar refractivity (Wildman–Crippen MR) is 74.6 cm³/mol. The van der Waals surface area contributed by atoms with Gasteiger partial charge in [-0.3, -0.25) is 0 Å². The predicted octanol–water partition coefficient (Wildman–Crippen LogP) is 2.54. The van der Waals surface area contributed by atoms with Crippen LogP contribution < -0.4 is 5.73 Å². The number of rotatable bonds is 4. The van der Waals surface area contributed by atoms with E-state index in [2.05, 4.69) is 45.8 Å². The number of aryl methyl sites for hydroxylation is 2. The molecule has 0 unspecified atom stereocenters. The minimum atomic E-state index is 0.588. The maximum Gasteiger partial charge on any atom is 0.248 e. The van der Waals surface area contributed by atoms with E-state index in [0.717, 1.165) is 22.0 Å². The highest BCUT2D eigenvalue weighted by Crippen LogP contribution is 2.26. The normalized spacial score (nSPS) is 10.8. The van der Waals surface area contributed by atoms with Gasteiger partial charge in [0.05, 0.1) is 5.56 Å². The van der Waals surface area contributed by atoms with Crippen LogP contribution in [0, 0.1) is 10.5 Å².